The van der Waals surface area contributed by atoms with Crippen molar-refractivity contribution in [3.8, 4) is 0 Å². The summed E-state index contributed by atoms with van der Waals surface area (Å²) in [5, 5.41) is 0. The summed E-state index contributed by atoms with van der Waals surface area (Å²) in [6.45, 7) is 15.4. The molecule has 0 unspecified atom stereocenters. The Hall–Kier alpha value is -0.0800. The summed E-state index contributed by atoms with van der Waals surface area (Å²) in [4.78, 5) is 2.76. The molecule has 20 heavy (non-hydrogen) atoms. The fraction of sp³-hybridized carbons (Fsp3) is 1.00. The maximum atomic E-state index is 6.27. The SMILES string of the molecule is CC1(C)CCCN(C2(CN)CCC(C(C)(C)C)CC2)C1. The van der Waals surface area contributed by atoms with Crippen molar-refractivity contribution in [2.24, 2.45) is 22.5 Å². The molecule has 1 aliphatic carbocycles. The van der Waals surface area contributed by atoms with Gasteiger partial charge in [0.25, 0.3) is 0 Å². The fourth-order valence-corrected chi connectivity index (χ4v) is 4.50. The Bertz CT molecular complexity index is 319. The van der Waals surface area contributed by atoms with E-state index in [1.54, 1.807) is 0 Å². The lowest BCUT2D eigenvalue weighted by Gasteiger charge is -2.53. The first kappa shape index (κ1) is 16.3. The minimum Gasteiger partial charge on any atom is -0.329 e. The molecule has 0 aromatic carbocycles. The monoisotopic (exact) mass is 280 g/mol. The Morgan fingerprint density at radius 2 is 1.70 bits per heavy atom. The molecule has 0 aromatic heterocycles. The quantitative estimate of drug-likeness (QED) is 0.827. The third-order valence-electron chi connectivity index (χ3n) is 6.09. The van der Waals surface area contributed by atoms with Gasteiger partial charge < -0.3 is 5.73 Å². The van der Waals surface area contributed by atoms with Gasteiger partial charge in [-0.1, -0.05) is 34.6 Å². The zero-order valence-corrected chi connectivity index (χ0v) is 14.5. The van der Waals surface area contributed by atoms with Crippen LogP contribution < -0.4 is 5.73 Å². The molecule has 118 valence electrons. The Morgan fingerprint density at radius 3 is 2.15 bits per heavy atom. The number of hydrogen-bond donors (Lipinski definition) is 1. The van der Waals surface area contributed by atoms with Crippen LogP contribution in [0.3, 0.4) is 0 Å². The van der Waals surface area contributed by atoms with Gasteiger partial charge in [-0.15, -0.1) is 0 Å². The van der Waals surface area contributed by atoms with E-state index in [0.717, 1.165) is 12.5 Å². The van der Waals surface area contributed by atoms with Gasteiger partial charge in [0.05, 0.1) is 0 Å². The van der Waals surface area contributed by atoms with E-state index in [2.05, 4.69) is 39.5 Å². The maximum absolute atomic E-state index is 6.27. The van der Waals surface area contributed by atoms with E-state index in [9.17, 15) is 0 Å². The lowest BCUT2D eigenvalue weighted by Crippen LogP contribution is -2.60. The molecule has 0 bridgehead atoms. The van der Waals surface area contributed by atoms with Crippen molar-refractivity contribution in [2.75, 3.05) is 19.6 Å². The van der Waals surface area contributed by atoms with Crippen LogP contribution in [-0.4, -0.2) is 30.1 Å². The van der Waals surface area contributed by atoms with Crippen molar-refractivity contribution >= 4 is 0 Å². The molecule has 1 aliphatic heterocycles. The summed E-state index contributed by atoms with van der Waals surface area (Å²) in [5.41, 5.74) is 7.51. The van der Waals surface area contributed by atoms with E-state index in [0.29, 0.717) is 16.4 Å². The highest BCUT2D eigenvalue weighted by Gasteiger charge is 2.44. The van der Waals surface area contributed by atoms with Crippen molar-refractivity contribution < 1.29 is 0 Å². The molecule has 2 aliphatic rings. The topological polar surface area (TPSA) is 29.3 Å². The summed E-state index contributed by atoms with van der Waals surface area (Å²) in [6.07, 6.45) is 8.05. The standard InChI is InChI=1S/C18H36N2/c1-16(2,3)15-7-10-18(13-19,11-8-15)20-12-6-9-17(4,5)14-20/h15H,6-14,19H2,1-5H3. The van der Waals surface area contributed by atoms with Crippen molar-refractivity contribution in [2.45, 2.75) is 78.7 Å². The highest BCUT2D eigenvalue weighted by Crippen LogP contribution is 2.45. The molecule has 2 fully saturated rings. The highest BCUT2D eigenvalue weighted by atomic mass is 15.2. The zero-order valence-electron chi connectivity index (χ0n) is 14.5. The minimum absolute atomic E-state index is 0.305. The van der Waals surface area contributed by atoms with Crippen molar-refractivity contribution in [1.82, 2.24) is 4.90 Å². The van der Waals surface area contributed by atoms with Gasteiger partial charge in [-0.05, 0) is 61.8 Å². The van der Waals surface area contributed by atoms with Gasteiger partial charge >= 0.3 is 0 Å². The van der Waals surface area contributed by atoms with Crippen molar-refractivity contribution in [1.29, 1.82) is 0 Å². The molecular formula is C18H36N2. The molecule has 0 radical (unpaired) electrons. The molecule has 1 saturated heterocycles. The van der Waals surface area contributed by atoms with Crippen molar-refractivity contribution in [3.05, 3.63) is 0 Å². The number of rotatable bonds is 2. The molecule has 0 aromatic rings. The van der Waals surface area contributed by atoms with Crippen LogP contribution in [0.25, 0.3) is 0 Å². The summed E-state index contributed by atoms with van der Waals surface area (Å²) >= 11 is 0. The minimum atomic E-state index is 0.305. The van der Waals surface area contributed by atoms with E-state index in [1.807, 2.05) is 0 Å². The summed E-state index contributed by atoms with van der Waals surface area (Å²) in [6, 6.07) is 0. The smallest absolute Gasteiger partial charge is 0.0332 e. The average molecular weight is 280 g/mol. The molecule has 1 heterocycles. The summed E-state index contributed by atoms with van der Waals surface area (Å²) in [5.74, 6) is 0.875. The van der Waals surface area contributed by atoms with E-state index >= 15 is 0 Å². The second-order valence-corrected chi connectivity index (χ2v) is 9.26. The summed E-state index contributed by atoms with van der Waals surface area (Å²) < 4.78 is 0. The van der Waals surface area contributed by atoms with E-state index in [1.165, 1.54) is 51.6 Å². The van der Waals surface area contributed by atoms with E-state index in [-0.39, 0.29) is 0 Å². The van der Waals surface area contributed by atoms with Gasteiger partial charge in [0.1, 0.15) is 0 Å². The lowest BCUT2D eigenvalue weighted by molar-refractivity contribution is -0.0225. The van der Waals surface area contributed by atoms with Crippen molar-refractivity contribution in [3.63, 3.8) is 0 Å². The number of nitrogens with zero attached hydrogens (tertiary/aromatic N) is 1. The third-order valence-corrected chi connectivity index (χ3v) is 6.09. The molecular weight excluding hydrogens is 244 g/mol. The third kappa shape index (κ3) is 3.39. The molecule has 0 amide bonds. The number of nitrogens with two attached hydrogens (primary N) is 1. The maximum Gasteiger partial charge on any atom is 0.0332 e. The van der Waals surface area contributed by atoms with Crippen LogP contribution in [0.5, 0.6) is 0 Å². The van der Waals surface area contributed by atoms with Crippen LogP contribution in [0.4, 0.5) is 0 Å². The van der Waals surface area contributed by atoms with Crippen LogP contribution >= 0.6 is 0 Å². The number of likely N-dealkylation sites (tertiary alicyclic amines) is 1. The zero-order chi connectivity index (χ0) is 15.0. The van der Waals surface area contributed by atoms with Crippen LogP contribution in [0.2, 0.25) is 0 Å². The second kappa shape index (κ2) is 5.61. The van der Waals surface area contributed by atoms with Crippen LogP contribution in [0.15, 0.2) is 0 Å². The molecule has 2 rings (SSSR count). The van der Waals surface area contributed by atoms with E-state index < -0.39 is 0 Å². The van der Waals surface area contributed by atoms with Gasteiger partial charge in [-0.25, -0.2) is 0 Å². The molecule has 1 saturated carbocycles. The van der Waals surface area contributed by atoms with Gasteiger partial charge in [-0.2, -0.15) is 0 Å². The first-order chi connectivity index (χ1) is 9.19. The van der Waals surface area contributed by atoms with Crippen LogP contribution in [0, 0.1) is 16.7 Å². The Labute approximate surface area is 126 Å². The number of hydrogen-bond acceptors (Lipinski definition) is 2. The highest BCUT2D eigenvalue weighted by molar-refractivity contribution is 5.00. The first-order valence-electron chi connectivity index (χ1n) is 8.64. The summed E-state index contributed by atoms with van der Waals surface area (Å²) in [7, 11) is 0. The number of piperidine rings is 1. The predicted octanol–water partition coefficient (Wildman–Crippen LogP) is 4.04. The second-order valence-electron chi connectivity index (χ2n) is 9.26. The average Bonchev–Trinajstić information content (AvgIpc) is 2.36. The van der Waals surface area contributed by atoms with Gasteiger partial charge in [0, 0.05) is 18.6 Å². The Morgan fingerprint density at radius 1 is 1.10 bits per heavy atom. The van der Waals surface area contributed by atoms with Gasteiger partial charge in [0.15, 0.2) is 0 Å². The molecule has 2 heteroatoms. The van der Waals surface area contributed by atoms with Gasteiger partial charge in [-0.3, -0.25) is 4.90 Å². The Balaban J connectivity index is 2.05. The largest absolute Gasteiger partial charge is 0.329 e. The van der Waals surface area contributed by atoms with Crippen LogP contribution in [-0.2, 0) is 0 Å². The predicted molar refractivity (Wildman–Crippen MR) is 87.8 cm³/mol. The molecule has 2 N–H and O–H groups in total. The van der Waals surface area contributed by atoms with Gasteiger partial charge in [0.2, 0.25) is 0 Å². The normalized spacial score (nSPS) is 36.0. The lowest BCUT2D eigenvalue weighted by atomic mass is 9.66. The van der Waals surface area contributed by atoms with Crippen LogP contribution in [0.1, 0.15) is 73.1 Å². The molecule has 0 spiro atoms. The first-order valence-corrected chi connectivity index (χ1v) is 8.64. The Kier molecular flexibility index (Phi) is 4.57. The molecule has 0 atom stereocenters. The fourth-order valence-electron chi connectivity index (χ4n) is 4.50. The molecule has 2 nitrogen and oxygen atoms in total. The van der Waals surface area contributed by atoms with E-state index in [4.69, 9.17) is 5.73 Å².